The molecule has 25 heavy (non-hydrogen) atoms. The van der Waals surface area contributed by atoms with Crippen LogP contribution >= 0.6 is 0 Å². The quantitative estimate of drug-likeness (QED) is 0.736. The van der Waals surface area contributed by atoms with Gasteiger partial charge in [-0.15, -0.1) is 0 Å². The molecule has 0 aliphatic carbocycles. The molecule has 1 N–H and O–H groups in total. The number of hydrogen-bond acceptors (Lipinski definition) is 3. The van der Waals surface area contributed by atoms with Crippen molar-refractivity contribution in [3.8, 4) is 17.0 Å². The number of hydrogen-bond donors (Lipinski definition) is 1. The van der Waals surface area contributed by atoms with Crippen molar-refractivity contribution in [2.75, 3.05) is 11.9 Å². The van der Waals surface area contributed by atoms with Gasteiger partial charge >= 0.3 is 0 Å². The van der Waals surface area contributed by atoms with Crippen LogP contribution in [0.3, 0.4) is 0 Å². The third kappa shape index (κ3) is 4.04. The maximum absolute atomic E-state index is 12.5. The van der Waals surface area contributed by atoms with E-state index in [2.05, 4.69) is 16.4 Å². The lowest BCUT2D eigenvalue weighted by Gasteiger charge is -2.11. The molecule has 3 rings (SSSR count). The highest BCUT2D eigenvalue weighted by Crippen LogP contribution is 2.24. The van der Waals surface area contributed by atoms with Crippen LogP contribution in [0.4, 0.5) is 5.69 Å². The minimum atomic E-state index is -0.213. The third-order valence-corrected chi connectivity index (χ3v) is 3.77. The molecule has 0 spiro atoms. The first-order valence-corrected chi connectivity index (χ1v) is 8.23. The highest BCUT2D eigenvalue weighted by molar-refractivity contribution is 6.04. The monoisotopic (exact) mass is 332 g/mol. The Bertz CT molecular complexity index is 873. The Morgan fingerprint density at radius 2 is 1.92 bits per heavy atom. The van der Waals surface area contributed by atoms with E-state index in [0.717, 1.165) is 11.3 Å². The Hall–Kier alpha value is -3.14. The van der Waals surface area contributed by atoms with E-state index in [1.165, 1.54) is 5.56 Å². The molecule has 0 radical (unpaired) electrons. The molecule has 0 fully saturated rings. The molecular weight excluding hydrogens is 312 g/mol. The summed E-state index contributed by atoms with van der Waals surface area (Å²) in [4.78, 5) is 16.9. The molecule has 126 valence electrons. The number of nitrogens with zero attached hydrogens (tertiary/aromatic N) is 1. The summed E-state index contributed by atoms with van der Waals surface area (Å²) in [6, 6.07) is 19.1. The van der Waals surface area contributed by atoms with E-state index in [1.54, 1.807) is 12.3 Å². The molecule has 0 unspecified atom stereocenters. The fourth-order valence-electron chi connectivity index (χ4n) is 2.55. The minimum Gasteiger partial charge on any atom is -0.492 e. The fraction of sp³-hybridized carbons (Fsp3) is 0.143. The predicted octanol–water partition coefficient (Wildman–Crippen LogP) is 4.71. The van der Waals surface area contributed by atoms with Crippen molar-refractivity contribution < 1.29 is 9.53 Å². The number of nitrogens with one attached hydrogen (secondary N) is 1. The van der Waals surface area contributed by atoms with Gasteiger partial charge in [0.15, 0.2) is 0 Å². The number of pyridine rings is 1. The Balaban J connectivity index is 1.77. The molecule has 3 aromatic rings. The van der Waals surface area contributed by atoms with Gasteiger partial charge in [0.2, 0.25) is 0 Å². The zero-order valence-corrected chi connectivity index (χ0v) is 14.3. The van der Waals surface area contributed by atoms with E-state index < -0.39 is 0 Å². The Morgan fingerprint density at radius 1 is 1.08 bits per heavy atom. The second-order valence-electron chi connectivity index (χ2n) is 5.68. The SMILES string of the molecule is CCOc1ccccc1NC(=O)c1ccc(-c2cccc(C)c2)nc1. The van der Waals surface area contributed by atoms with E-state index >= 15 is 0 Å². The van der Waals surface area contributed by atoms with Gasteiger partial charge in [-0.1, -0.05) is 35.9 Å². The molecule has 0 saturated heterocycles. The van der Waals surface area contributed by atoms with Gasteiger partial charge < -0.3 is 10.1 Å². The number of ether oxygens (including phenoxy) is 1. The summed E-state index contributed by atoms with van der Waals surface area (Å²) in [5.74, 6) is 0.443. The fourth-order valence-corrected chi connectivity index (χ4v) is 2.55. The van der Waals surface area contributed by atoms with Crippen LogP contribution in [0.5, 0.6) is 5.75 Å². The van der Waals surface area contributed by atoms with Crippen molar-refractivity contribution in [3.05, 3.63) is 78.0 Å². The number of rotatable bonds is 5. The third-order valence-electron chi connectivity index (χ3n) is 3.77. The number of carbonyl (C=O) groups is 1. The first-order chi connectivity index (χ1) is 12.2. The van der Waals surface area contributed by atoms with Crippen LogP contribution in [0, 0.1) is 6.92 Å². The Labute approximate surface area is 147 Å². The maximum atomic E-state index is 12.5. The summed E-state index contributed by atoms with van der Waals surface area (Å²) in [6.07, 6.45) is 1.59. The van der Waals surface area contributed by atoms with Crippen LogP contribution in [0.25, 0.3) is 11.3 Å². The molecule has 0 aliphatic heterocycles. The zero-order chi connectivity index (χ0) is 17.6. The lowest BCUT2D eigenvalue weighted by Crippen LogP contribution is -2.13. The van der Waals surface area contributed by atoms with Gasteiger partial charge in [-0.2, -0.15) is 0 Å². The average molecular weight is 332 g/mol. The van der Waals surface area contributed by atoms with Crippen molar-refractivity contribution in [2.45, 2.75) is 13.8 Å². The molecule has 0 atom stereocenters. The smallest absolute Gasteiger partial charge is 0.257 e. The van der Waals surface area contributed by atoms with Gasteiger partial charge in [0.25, 0.3) is 5.91 Å². The number of para-hydroxylation sites is 2. The molecule has 2 aromatic carbocycles. The normalized spacial score (nSPS) is 10.3. The molecule has 0 bridgehead atoms. The average Bonchev–Trinajstić information content (AvgIpc) is 2.64. The summed E-state index contributed by atoms with van der Waals surface area (Å²) >= 11 is 0. The zero-order valence-electron chi connectivity index (χ0n) is 14.3. The molecule has 1 amide bonds. The van der Waals surface area contributed by atoms with Crippen LogP contribution in [-0.2, 0) is 0 Å². The molecule has 1 aromatic heterocycles. The van der Waals surface area contributed by atoms with Crippen LogP contribution in [0.15, 0.2) is 66.9 Å². The van der Waals surface area contributed by atoms with Crippen molar-refractivity contribution >= 4 is 11.6 Å². The van der Waals surface area contributed by atoms with Crippen molar-refractivity contribution in [1.29, 1.82) is 0 Å². The van der Waals surface area contributed by atoms with Crippen molar-refractivity contribution in [2.24, 2.45) is 0 Å². The van der Waals surface area contributed by atoms with Gasteiger partial charge in [0, 0.05) is 11.8 Å². The van der Waals surface area contributed by atoms with E-state index in [9.17, 15) is 4.79 Å². The Morgan fingerprint density at radius 3 is 2.64 bits per heavy atom. The number of aromatic nitrogens is 1. The predicted molar refractivity (Wildman–Crippen MR) is 100.0 cm³/mol. The van der Waals surface area contributed by atoms with Gasteiger partial charge in [-0.3, -0.25) is 9.78 Å². The Kier molecular flexibility index (Phi) is 5.09. The highest BCUT2D eigenvalue weighted by Gasteiger charge is 2.10. The van der Waals surface area contributed by atoms with E-state index in [4.69, 9.17) is 4.74 Å². The molecule has 4 nitrogen and oxygen atoms in total. The number of anilines is 1. The van der Waals surface area contributed by atoms with Gasteiger partial charge in [0.1, 0.15) is 5.75 Å². The van der Waals surface area contributed by atoms with Crippen molar-refractivity contribution in [3.63, 3.8) is 0 Å². The summed E-state index contributed by atoms with van der Waals surface area (Å²) in [5, 5.41) is 2.88. The summed E-state index contributed by atoms with van der Waals surface area (Å²) in [6.45, 7) is 4.49. The lowest BCUT2D eigenvalue weighted by atomic mass is 10.1. The van der Waals surface area contributed by atoms with Gasteiger partial charge in [-0.05, 0) is 44.2 Å². The minimum absolute atomic E-state index is 0.213. The highest BCUT2D eigenvalue weighted by atomic mass is 16.5. The molecular formula is C21H20N2O2. The summed E-state index contributed by atoms with van der Waals surface area (Å²) in [7, 11) is 0. The first-order valence-electron chi connectivity index (χ1n) is 8.23. The van der Waals surface area contributed by atoms with E-state index in [-0.39, 0.29) is 5.91 Å². The van der Waals surface area contributed by atoms with Crippen LogP contribution < -0.4 is 10.1 Å². The number of benzene rings is 2. The number of amides is 1. The maximum Gasteiger partial charge on any atom is 0.257 e. The molecule has 0 aliphatic rings. The second-order valence-corrected chi connectivity index (χ2v) is 5.68. The topological polar surface area (TPSA) is 51.2 Å². The van der Waals surface area contributed by atoms with Gasteiger partial charge in [0.05, 0.1) is 23.6 Å². The van der Waals surface area contributed by atoms with Crippen LogP contribution in [-0.4, -0.2) is 17.5 Å². The summed E-state index contributed by atoms with van der Waals surface area (Å²) < 4.78 is 5.53. The molecule has 1 heterocycles. The van der Waals surface area contributed by atoms with E-state index in [0.29, 0.717) is 23.6 Å². The molecule has 0 saturated carbocycles. The standard InChI is InChI=1S/C21H20N2O2/c1-3-25-20-10-5-4-9-19(20)23-21(24)17-11-12-18(22-14-17)16-8-6-7-15(2)13-16/h4-14H,3H2,1-2H3,(H,23,24). The largest absolute Gasteiger partial charge is 0.492 e. The lowest BCUT2D eigenvalue weighted by molar-refractivity contribution is 0.102. The van der Waals surface area contributed by atoms with E-state index in [1.807, 2.05) is 62.4 Å². The van der Waals surface area contributed by atoms with Gasteiger partial charge in [-0.25, -0.2) is 0 Å². The van der Waals surface area contributed by atoms with Crippen LogP contribution in [0.1, 0.15) is 22.8 Å². The van der Waals surface area contributed by atoms with Crippen LogP contribution in [0.2, 0.25) is 0 Å². The second kappa shape index (κ2) is 7.62. The van der Waals surface area contributed by atoms with Crippen molar-refractivity contribution in [1.82, 2.24) is 4.98 Å². The number of carbonyl (C=O) groups excluding carboxylic acids is 1. The first kappa shape index (κ1) is 16.7. The molecule has 4 heteroatoms. The number of aryl methyl sites for hydroxylation is 1. The summed E-state index contributed by atoms with van der Waals surface area (Å²) in [5.41, 5.74) is 4.21.